The number of amides is 2. The van der Waals surface area contributed by atoms with Crippen LogP contribution in [-0.2, 0) is 14.6 Å². The van der Waals surface area contributed by atoms with Gasteiger partial charge in [-0.05, 0) is 19.3 Å². The van der Waals surface area contributed by atoms with Gasteiger partial charge >= 0.3 is 12.0 Å². The molecular weight excluding hydrogens is 272 g/mol. The van der Waals surface area contributed by atoms with Gasteiger partial charge < -0.3 is 15.7 Å². The molecular formula is C11H20N2O5S. The Morgan fingerprint density at radius 3 is 2.26 bits per heavy atom. The van der Waals surface area contributed by atoms with Gasteiger partial charge in [0, 0.05) is 0 Å². The number of carboxylic acids is 1. The minimum atomic E-state index is -3.12. The van der Waals surface area contributed by atoms with E-state index in [9.17, 15) is 18.0 Å². The zero-order chi connectivity index (χ0) is 14.8. The smallest absolute Gasteiger partial charge is 0.326 e. The molecule has 0 aliphatic carbocycles. The average molecular weight is 292 g/mol. The van der Waals surface area contributed by atoms with Gasteiger partial charge in [0.05, 0.1) is 17.0 Å². The van der Waals surface area contributed by atoms with Crippen LogP contribution in [-0.4, -0.2) is 48.6 Å². The van der Waals surface area contributed by atoms with Crippen molar-refractivity contribution in [3.63, 3.8) is 0 Å². The fourth-order valence-electron chi connectivity index (χ4n) is 2.07. The molecule has 2 atom stereocenters. The third kappa shape index (κ3) is 4.38. The quantitative estimate of drug-likeness (QED) is 0.673. The largest absolute Gasteiger partial charge is 0.480 e. The van der Waals surface area contributed by atoms with Crippen LogP contribution >= 0.6 is 0 Å². The summed E-state index contributed by atoms with van der Waals surface area (Å²) in [4.78, 5) is 22.7. The third-order valence-electron chi connectivity index (χ3n) is 3.14. The van der Waals surface area contributed by atoms with Crippen molar-refractivity contribution in [1.82, 2.24) is 10.6 Å². The molecule has 1 rings (SSSR count). The SMILES string of the molecule is CC(C)[C@H](NC(=O)NC1(C)CCS(=O)(=O)C1)C(=O)O. The minimum absolute atomic E-state index is 0.0380. The van der Waals surface area contributed by atoms with Crippen molar-refractivity contribution in [3.8, 4) is 0 Å². The molecule has 0 radical (unpaired) electrons. The molecule has 0 aromatic heterocycles. The maximum Gasteiger partial charge on any atom is 0.326 e. The molecule has 8 heteroatoms. The minimum Gasteiger partial charge on any atom is -0.480 e. The molecule has 19 heavy (non-hydrogen) atoms. The summed E-state index contributed by atoms with van der Waals surface area (Å²) in [5.74, 6) is -1.46. The lowest BCUT2D eigenvalue weighted by atomic mass is 10.0. The number of carbonyl (C=O) groups excluding carboxylic acids is 1. The number of carboxylic acid groups (broad SMARTS) is 1. The molecule has 2 amide bonds. The zero-order valence-electron chi connectivity index (χ0n) is 11.3. The normalized spacial score (nSPS) is 26.9. The van der Waals surface area contributed by atoms with Crippen molar-refractivity contribution in [2.45, 2.75) is 38.8 Å². The summed E-state index contributed by atoms with van der Waals surface area (Å²) in [6, 6.07) is -1.65. The molecule has 3 N–H and O–H groups in total. The Bertz CT molecular complexity index is 473. The van der Waals surface area contributed by atoms with Gasteiger partial charge in [-0.2, -0.15) is 0 Å². The van der Waals surface area contributed by atoms with Gasteiger partial charge in [-0.3, -0.25) is 0 Å². The average Bonchev–Trinajstić information content (AvgIpc) is 2.48. The Balaban J connectivity index is 2.63. The van der Waals surface area contributed by atoms with Crippen molar-refractivity contribution < 1.29 is 23.1 Å². The van der Waals surface area contributed by atoms with Gasteiger partial charge in [0.25, 0.3) is 0 Å². The van der Waals surface area contributed by atoms with Crippen LogP contribution in [0.25, 0.3) is 0 Å². The second-order valence-electron chi connectivity index (χ2n) is 5.56. The summed E-state index contributed by atoms with van der Waals surface area (Å²) in [7, 11) is -3.12. The first-order chi connectivity index (χ1) is 8.55. The van der Waals surface area contributed by atoms with Crippen LogP contribution in [0.15, 0.2) is 0 Å². The Morgan fingerprint density at radius 2 is 1.89 bits per heavy atom. The van der Waals surface area contributed by atoms with Crippen LogP contribution in [0.1, 0.15) is 27.2 Å². The zero-order valence-corrected chi connectivity index (χ0v) is 12.1. The predicted octanol–water partition coefficient (Wildman–Crippen LogP) is -0.0280. The lowest BCUT2D eigenvalue weighted by Gasteiger charge is -2.26. The van der Waals surface area contributed by atoms with Crippen molar-refractivity contribution >= 4 is 21.8 Å². The number of nitrogens with one attached hydrogen (secondary N) is 2. The van der Waals surface area contributed by atoms with Gasteiger partial charge in [-0.25, -0.2) is 18.0 Å². The topological polar surface area (TPSA) is 113 Å². The second kappa shape index (κ2) is 5.36. The highest BCUT2D eigenvalue weighted by molar-refractivity contribution is 7.91. The van der Waals surface area contributed by atoms with Crippen LogP contribution in [0.2, 0.25) is 0 Å². The van der Waals surface area contributed by atoms with Crippen LogP contribution in [0, 0.1) is 5.92 Å². The van der Waals surface area contributed by atoms with Crippen molar-refractivity contribution in [3.05, 3.63) is 0 Å². The maximum atomic E-state index is 11.8. The van der Waals surface area contributed by atoms with Gasteiger partial charge in [0.1, 0.15) is 6.04 Å². The van der Waals surface area contributed by atoms with E-state index >= 15 is 0 Å². The number of hydrogen-bond acceptors (Lipinski definition) is 4. The van der Waals surface area contributed by atoms with E-state index in [1.54, 1.807) is 20.8 Å². The summed E-state index contributed by atoms with van der Waals surface area (Å²) >= 11 is 0. The predicted molar refractivity (Wildman–Crippen MR) is 69.6 cm³/mol. The molecule has 0 saturated carbocycles. The Hall–Kier alpha value is -1.31. The molecule has 1 fully saturated rings. The van der Waals surface area contributed by atoms with E-state index in [-0.39, 0.29) is 17.4 Å². The lowest BCUT2D eigenvalue weighted by molar-refractivity contribution is -0.140. The fourth-order valence-corrected chi connectivity index (χ4v) is 4.17. The fraction of sp³-hybridized carbons (Fsp3) is 0.818. The summed E-state index contributed by atoms with van der Waals surface area (Å²) in [6.45, 7) is 5.00. The van der Waals surface area contributed by atoms with E-state index in [1.165, 1.54) is 0 Å². The van der Waals surface area contributed by atoms with Gasteiger partial charge in [-0.1, -0.05) is 13.8 Å². The first kappa shape index (κ1) is 15.7. The van der Waals surface area contributed by atoms with E-state index in [1.807, 2.05) is 0 Å². The molecule has 0 aromatic rings. The Kier molecular flexibility index (Phi) is 4.44. The molecule has 0 spiro atoms. The van der Waals surface area contributed by atoms with E-state index < -0.39 is 33.4 Å². The van der Waals surface area contributed by atoms with E-state index in [0.29, 0.717) is 6.42 Å². The van der Waals surface area contributed by atoms with Crippen LogP contribution in [0.5, 0.6) is 0 Å². The van der Waals surface area contributed by atoms with Crippen molar-refractivity contribution in [2.75, 3.05) is 11.5 Å². The number of carbonyl (C=O) groups is 2. The maximum absolute atomic E-state index is 11.8. The molecule has 110 valence electrons. The molecule has 1 unspecified atom stereocenters. The highest BCUT2D eigenvalue weighted by atomic mass is 32.2. The number of aliphatic carboxylic acids is 1. The lowest BCUT2D eigenvalue weighted by Crippen LogP contribution is -2.55. The summed E-state index contributed by atoms with van der Waals surface area (Å²) in [5, 5.41) is 13.9. The number of rotatable bonds is 4. The summed E-state index contributed by atoms with van der Waals surface area (Å²) < 4.78 is 22.8. The number of sulfone groups is 1. The molecule has 1 saturated heterocycles. The third-order valence-corrected chi connectivity index (χ3v) is 5.04. The first-order valence-electron chi connectivity index (χ1n) is 6.07. The molecule has 0 bridgehead atoms. The highest BCUT2D eigenvalue weighted by Gasteiger charge is 2.40. The van der Waals surface area contributed by atoms with Gasteiger partial charge in [0.15, 0.2) is 9.84 Å². The van der Waals surface area contributed by atoms with E-state index in [0.717, 1.165) is 0 Å². The molecule has 7 nitrogen and oxygen atoms in total. The number of urea groups is 1. The van der Waals surface area contributed by atoms with Crippen molar-refractivity contribution in [2.24, 2.45) is 5.92 Å². The second-order valence-corrected chi connectivity index (χ2v) is 7.75. The Morgan fingerprint density at radius 1 is 1.32 bits per heavy atom. The van der Waals surface area contributed by atoms with E-state index in [4.69, 9.17) is 5.11 Å². The van der Waals surface area contributed by atoms with Crippen LogP contribution in [0.3, 0.4) is 0 Å². The highest BCUT2D eigenvalue weighted by Crippen LogP contribution is 2.22. The Labute approximate surface area is 112 Å². The van der Waals surface area contributed by atoms with Crippen molar-refractivity contribution in [1.29, 1.82) is 0 Å². The summed E-state index contributed by atoms with van der Waals surface area (Å²) in [5.41, 5.74) is -0.830. The number of hydrogen-bond donors (Lipinski definition) is 3. The van der Waals surface area contributed by atoms with Gasteiger partial charge in [-0.15, -0.1) is 0 Å². The van der Waals surface area contributed by atoms with Gasteiger partial charge in [0.2, 0.25) is 0 Å². The molecule has 1 aliphatic heterocycles. The first-order valence-corrected chi connectivity index (χ1v) is 7.89. The molecule has 0 aromatic carbocycles. The van der Waals surface area contributed by atoms with Crippen LogP contribution < -0.4 is 10.6 Å². The molecule has 1 heterocycles. The van der Waals surface area contributed by atoms with E-state index in [2.05, 4.69) is 10.6 Å². The summed E-state index contributed by atoms with van der Waals surface area (Å²) in [6.07, 6.45) is 0.335. The monoisotopic (exact) mass is 292 g/mol. The standard InChI is InChI=1S/C11H20N2O5S/c1-7(2)8(9(14)15)12-10(16)13-11(3)4-5-19(17,18)6-11/h7-8H,4-6H2,1-3H3,(H,14,15)(H2,12,13,16)/t8-,11?/m0/s1. The van der Waals surface area contributed by atoms with Crippen LogP contribution in [0.4, 0.5) is 4.79 Å². The molecule has 1 aliphatic rings.